The number of nitrogens with zero attached hydrogens (tertiary/aromatic N) is 4. The first kappa shape index (κ1) is 20.6. The van der Waals surface area contributed by atoms with Gasteiger partial charge in [0, 0.05) is 35.4 Å². The highest BCUT2D eigenvalue weighted by Gasteiger charge is 2.18. The Morgan fingerprint density at radius 3 is 2.88 bits per heavy atom. The van der Waals surface area contributed by atoms with Crippen LogP contribution >= 0.6 is 11.6 Å². The number of hydrogen-bond donors (Lipinski definition) is 2. The van der Waals surface area contributed by atoms with Gasteiger partial charge >= 0.3 is 0 Å². The molecule has 2 N–H and O–H groups in total. The number of rotatable bonds is 6. The molecule has 1 fully saturated rings. The molecule has 0 saturated carbocycles. The van der Waals surface area contributed by atoms with Crippen molar-refractivity contribution in [1.82, 2.24) is 25.3 Å². The quantitative estimate of drug-likeness (QED) is 0.437. The van der Waals surface area contributed by atoms with E-state index in [4.69, 9.17) is 16.3 Å². The van der Waals surface area contributed by atoms with Gasteiger partial charge in [0.1, 0.15) is 24.5 Å². The van der Waals surface area contributed by atoms with Gasteiger partial charge in [0.2, 0.25) is 0 Å². The summed E-state index contributed by atoms with van der Waals surface area (Å²) < 4.78 is 5.82. The number of fused-ring (bicyclic) bond motifs is 1. The molecule has 32 heavy (non-hydrogen) atoms. The van der Waals surface area contributed by atoms with Crippen LogP contribution < -0.4 is 15.4 Å². The highest BCUT2D eigenvalue weighted by Crippen LogP contribution is 2.32. The molecule has 1 atom stereocenters. The smallest absolute Gasteiger partial charge is 0.141 e. The number of pyridine rings is 2. The van der Waals surface area contributed by atoms with E-state index in [2.05, 4.69) is 36.6 Å². The van der Waals surface area contributed by atoms with Crippen LogP contribution in [0.3, 0.4) is 0 Å². The maximum atomic E-state index is 6.47. The van der Waals surface area contributed by atoms with Gasteiger partial charge in [0.25, 0.3) is 0 Å². The first-order chi connectivity index (χ1) is 15.8. The topological polar surface area (TPSA) is 84.9 Å². The molecule has 1 unspecified atom stereocenters. The minimum atomic E-state index is 0.357. The fourth-order valence-corrected chi connectivity index (χ4v) is 4.11. The molecule has 8 heteroatoms. The lowest BCUT2D eigenvalue weighted by Gasteiger charge is -2.22. The van der Waals surface area contributed by atoms with E-state index < -0.39 is 0 Å². The van der Waals surface area contributed by atoms with Gasteiger partial charge in [-0.3, -0.25) is 9.97 Å². The van der Waals surface area contributed by atoms with Crippen molar-refractivity contribution in [2.75, 3.05) is 18.4 Å². The van der Waals surface area contributed by atoms with Crippen LogP contribution in [-0.2, 0) is 6.61 Å². The molecular formula is C24H23ClN6O. The molecular weight excluding hydrogens is 424 g/mol. The van der Waals surface area contributed by atoms with Crippen LogP contribution in [-0.4, -0.2) is 33.0 Å². The second-order valence-electron chi connectivity index (χ2n) is 7.77. The van der Waals surface area contributed by atoms with Gasteiger partial charge in [-0.25, -0.2) is 9.97 Å². The second kappa shape index (κ2) is 9.46. The average molecular weight is 447 g/mol. The first-order valence-electron chi connectivity index (χ1n) is 10.7. The molecule has 7 nitrogen and oxygen atoms in total. The van der Waals surface area contributed by atoms with Gasteiger partial charge in [-0.15, -0.1) is 0 Å². The van der Waals surface area contributed by atoms with Gasteiger partial charge in [0.05, 0.1) is 22.4 Å². The lowest BCUT2D eigenvalue weighted by Crippen LogP contribution is -2.28. The molecule has 4 aromatic rings. The van der Waals surface area contributed by atoms with Crippen molar-refractivity contribution in [2.45, 2.75) is 25.4 Å². The van der Waals surface area contributed by atoms with Gasteiger partial charge in [-0.1, -0.05) is 17.7 Å². The van der Waals surface area contributed by atoms with Crippen molar-refractivity contribution in [3.05, 3.63) is 77.6 Å². The lowest BCUT2D eigenvalue weighted by atomic mass is 9.95. The molecule has 5 rings (SSSR count). The first-order valence-corrected chi connectivity index (χ1v) is 11.0. The van der Waals surface area contributed by atoms with E-state index in [9.17, 15) is 0 Å². The van der Waals surface area contributed by atoms with Crippen molar-refractivity contribution in [1.29, 1.82) is 0 Å². The molecule has 3 aromatic heterocycles. The second-order valence-corrected chi connectivity index (χ2v) is 8.18. The number of aromatic nitrogens is 4. The molecule has 0 aliphatic carbocycles. The van der Waals surface area contributed by atoms with E-state index in [1.54, 1.807) is 12.5 Å². The van der Waals surface area contributed by atoms with Crippen molar-refractivity contribution >= 4 is 34.0 Å². The number of nitrogens with one attached hydrogen (secondary N) is 2. The Hall–Kier alpha value is -3.29. The Morgan fingerprint density at radius 1 is 1.09 bits per heavy atom. The van der Waals surface area contributed by atoms with Crippen molar-refractivity contribution < 1.29 is 4.74 Å². The molecule has 0 spiro atoms. The van der Waals surface area contributed by atoms with E-state index in [1.807, 2.05) is 42.6 Å². The van der Waals surface area contributed by atoms with E-state index >= 15 is 0 Å². The summed E-state index contributed by atoms with van der Waals surface area (Å²) in [6.07, 6.45) is 7.41. The molecule has 1 aliphatic heterocycles. The summed E-state index contributed by atoms with van der Waals surface area (Å²) >= 11 is 6.47. The lowest BCUT2D eigenvalue weighted by molar-refractivity contribution is 0.301. The number of benzene rings is 1. The van der Waals surface area contributed by atoms with E-state index in [1.165, 1.54) is 0 Å². The maximum Gasteiger partial charge on any atom is 0.141 e. The molecule has 0 bridgehead atoms. The van der Waals surface area contributed by atoms with Gasteiger partial charge in [-0.05, 0) is 55.8 Å². The van der Waals surface area contributed by atoms with Gasteiger partial charge in [-0.2, -0.15) is 0 Å². The minimum Gasteiger partial charge on any atom is -0.486 e. The fourth-order valence-electron chi connectivity index (χ4n) is 3.87. The average Bonchev–Trinajstić information content (AvgIpc) is 2.85. The van der Waals surface area contributed by atoms with Crippen molar-refractivity contribution in [3.8, 4) is 5.75 Å². The van der Waals surface area contributed by atoms with Gasteiger partial charge < -0.3 is 15.4 Å². The van der Waals surface area contributed by atoms with Crippen LogP contribution in [0.25, 0.3) is 10.9 Å². The summed E-state index contributed by atoms with van der Waals surface area (Å²) in [6.45, 7) is 2.38. The molecule has 0 amide bonds. The standard InChI is InChI=1S/C24H23ClN6O/c25-20-10-17(6-7-23(20)32-14-18-5-1-2-9-27-18)31-24-19-11-21(16-4-3-8-26-12-16)28-13-22(19)29-15-30-24/h1-2,5-7,9-11,13,15-16,26H,3-4,8,12,14H2,(H,29,30,31). The summed E-state index contributed by atoms with van der Waals surface area (Å²) in [5.74, 6) is 1.73. The summed E-state index contributed by atoms with van der Waals surface area (Å²) in [5, 5.41) is 8.28. The fraction of sp³-hybridized carbons (Fsp3) is 0.250. The highest BCUT2D eigenvalue weighted by molar-refractivity contribution is 6.32. The molecule has 1 aliphatic rings. The number of halogens is 1. The van der Waals surface area contributed by atoms with Crippen molar-refractivity contribution in [2.24, 2.45) is 0 Å². The van der Waals surface area contributed by atoms with Crippen LogP contribution in [0, 0.1) is 0 Å². The van der Waals surface area contributed by atoms with Crippen LogP contribution in [0.5, 0.6) is 5.75 Å². The monoisotopic (exact) mass is 446 g/mol. The Morgan fingerprint density at radius 2 is 2.06 bits per heavy atom. The third-order valence-corrected chi connectivity index (χ3v) is 5.85. The summed E-state index contributed by atoms with van der Waals surface area (Å²) in [5.41, 5.74) is 3.53. The van der Waals surface area contributed by atoms with Crippen LogP contribution in [0.15, 0.2) is 61.2 Å². The predicted molar refractivity (Wildman–Crippen MR) is 125 cm³/mol. The Balaban J connectivity index is 1.36. The Bertz CT molecular complexity index is 1210. The van der Waals surface area contributed by atoms with Gasteiger partial charge in [0.15, 0.2) is 0 Å². The number of anilines is 2. The van der Waals surface area contributed by atoms with Crippen LogP contribution in [0.4, 0.5) is 11.5 Å². The molecule has 1 saturated heterocycles. The zero-order valence-corrected chi connectivity index (χ0v) is 18.2. The zero-order valence-electron chi connectivity index (χ0n) is 17.5. The molecule has 4 heterocycles. The molecule has 1 aromatic carbocycles. The largest absolute Gasteiger partial charge is 0.486 e. The van der Waals surface area contributed by atoms with E-state index in [0.29, 0.717) is 23.3 Å². The predicted octanol–water partition coefficient (Wildman–Crippen LogP) is 4.86. The third-order valence-electron chi connectivity index (χ3n) is 5.55. The summed E-state index contributed by atoms with van der Waals surface area (Å²) in [6, 6.07) is 13.4. The Kier molecular flexibility index (Phi) is 6.09. The number of hydrogen-bond acceptors (Lipinski definition) is 7. The van der Waals surface area contributed by atoms with Crippen LogP contribution in [0.1, 0.15) is 30.1 Å². The minimum absolute atomic E-state index is 0.357. The van der Waals surface area contributed by atoms with E-state index in [0.717, 1.165) is 59.7 Å². The van der Waals surface area contributed by atoms with Crippen molar-refractivity contribution in [3.63, 3.8) is 0 Å². The summed E-state index contributed by atoms with van der Waals surface area (Å²) in [7, 11) is 0. The highest BCUT2D eigenvalue weighted by atomic mass is 35.5. The molecule has 162 valence electrons. The number of piperidine rings is 1. The summed E-state index contributed by atoms with van der Waals surface area (Å²) in [4.78, 5) is 17.8. The van der Waals surface area contributed by atoms with Crippen LogP contribution in [0.2, 0.25) is 5.02 Å². The molecule has 0 radical (unpaired) electrons. The number of ether oxygens (including phenoxy) is 1. The maximum absolute atomic E-state index is 6.47. The van der Waals surface area contributed by atoms with E-state index in [-0.39, 0.29) is 0 Å². The SMILES string of the molecule is Clc1cc(Nc2ncnc3cnc(C4CCCNC4)cc23)ccc1OCc1ccccn1. The zero-order chi connectivity index (χ0) is 21.8. The third kappa shape index (κ3) is 4.64. The Labute approximate surface area is 191 Å². The normalized spacial score (nSPS) is 16.1.